The van der Waals surface area contributed by atoms with E-state index < -0.39 is 0 Å². The van der Waals surface area contributed by atoms with Gasteiger partial charge in [0.25, 0.3) is 0 Å². The topological polar surface area (TPSA) is 42.7 Å². The molecule has 1 aromatic carbocycles. The summed E-state index contributed by atoms with van der Waals surface area (Å²) in [5.41, 5.74) is 1.45. The molecule has 1 aliphatic rings. The first-order valence-electron chi connectivity index (χ1n) is 7.11. The van der Waals surface area contributed by atoms with Crippen LogP contribution < -0.4 is 5.32 Å². The van der Waals surface area contributed by atoms with Crippen molar-refractivity contribution in [2.75, 3.05) is 0 Å². The van der Waals surface area contributed by atoms with E-state index in [1.165, 1.54) is 18.4 Å². The molecule has 5 heteroatoms. The van der Waals surface area contributed by atoms with Gasteiger partial charge >= 0.3 is 0 Å². The number of halogens is 1. The maximum absolute atomic E-state index is 4.15. The molecular weight excluding hydrogens is 316 g/mol. The van der Waals surface area contributed by atoms with Crippen LogP contribution in [-0.4, -0.2) is 20.8 Å². The second kappa shape index (κ2) is 6.06. The lowest BCUT2D eigenvalue weighted by molar-refractivity contribution is 0.286. The quantitative estimate of drug-likeness (QED) is 0.913. The molecule has 0 aliphatic heterocycles. The zero-order valence-electron chi connectivity index (χ0n) is 11.6. The summed E-state index contributed by atoms with van der Waals surface area (Å²) in [6.45, 7) is 3.85. The maximum atomic E-state index is 4.15. The number of nitrogens with zero attached hydrogens (tertiary/aromatic N) is 3. The van der Waals surface area contributed by atoms with Gasteiger partial charge in [0.2, 0.25) is 0 Å². The highest BCUT2D eigenvalue weighted by Crippen LogP contribution is 2.37. The van der Waals surface area contributed by atoms with Gasteiger partial charge in [-0.3, -0.25) is 0 Å². The highest BCUT2D eigenvalue weighted by Gasteiger charge is 2.29. The van der Waals surface area contributed by atoms with Crippen molar-refractivity contribution >= 4 is 15.9 Å². The first kappa shape index (κ1) is 13.8. The largest absolute Gasteiger partial charge is 0.317 e. The second-order valence-electron chi connectivity index (χ2n) is 5.33. The Labute approximate surface area is 127 Å². The highest BCUT2D eigenvalue weighted by molar-refractivity contribution is 9.10. The normalized spacial score (nSPS) is 21.7. The molecule has 0 bridgehead atoms. The van der Waals surface area contributed by atoms with E-state index in [0.717, 1.165) is 23.4 Å². The summed E-state index contributed by atoms with van der Waals surface area (Å²) in [5.74, 6) is 1.73. The molecule has 1 fully saturated rings. The molecule has 0 spiro atoms. The van der Waals surface area contributed by atoms with Crippen LogP contribution >= 0.6 is 15.9 Å². The Hall–Kier alpha value is -1.20. The van der Waals surface area contributed by atoms with Crippen molar-refractivity contribution < 1.29 is 0 Å². The summed E-state index contributed by atoms with van der Waals surface area (Å²) in [6.07, 6.45) is 4.21. The van der Waals surface area contributed by atoms with Crippen molar-refractivity contribution in [3.63, 3.8) is 0 Å². The van der Waals surface area contributed by atoms with Crippen molar-refractivity contribution in [2.24, 2.45) is 0 Å². The highest BCUT2D eigenvalue weighted by atomic mass is 79.9. The van der Waals surface area contributed by atoms with Crippen LogP contribution in [0, 0.1) is 0 Å². The number of nitrogens with one attached hydrogen (secondary N) is 1. The van der Waals surface area contributed by atoms with E-state index in [0.29, 0.717) is 12.0 Å². The van der Waals surface area contributed by atoms with Crippen molar-refractivity contribution in [2.45, 2.75) is 44.8 Å². The van der Waals surface area contributed by atoms with E-state index in [-0.39, 0.29) is 0 Å². The van der Waals surface area contributed by atoms with E-state index >= 15 is 0 Å². The number of aromatic nitrogens is 3. The molecule has 106 valence electrons. The predicted molar refractivity (Wildman–Crippen MR) is 82.4 cm³/mol. The number of rotatable bonds is 5. The first-order chi connectivity index (χ1) is 9.76. The van der Waals surface area contributed by atoms with Gasteiger partial charge in [0.1, 0.15) is 12.2 Å². The number of aryl methyl sites for hydroxylation is 1. The van der Waals surface area contributed by atoms with Gasteiger partial charge in [-0.25, -0.2) is 0 Å². The third-order valence-corrected chi connectivity index (χ3v) is 4.59. The smallest absolute Gasteiger partial charge is 0.146 e. The zero-order chi connectivity index (χ0) is 13.9. The third-order valence-electron chi connectivity index (χ3n) is 4.06. The summed E-state index contributed by atoms with van der Waals surface area (Å²) in [5, 5.41) is 11.7. The predicted octanol–water partition coefficient (Wildman–Crippen LogP) is 3.10. The fraction of sp³-hybridized carbons (Fsp3) is 0.467. The third kappa shape index (κ3) is 2.94. The van der Waals surface area contributed by atoms with Crippen molar-refractivity contribution in [3.05, 3.63) is 46.5 Å². The maximum Gasteiger partial charge on any atom is 0.146 e. The fourth-order valence-corrected chi connectivity index (χ4v) is 2.97. The van der Waals surface area contributed by atoms with Gasteiger partial charge in [-0.15, -0.1) is 10.2 Å². The molecule has 0 radical (unpaired) electrons. The van der Waals surface area contributed by atoms with E-state index in [4.69, 9.17) is 0 Å². The van der Waals surface area contributed by atoms with Crippen LogP contribution in [0.5, 0.6) is 0 Å². The molecule has 1 aromatic heterocycles. The van der Waals surface area contributed by atoms with Crippen LogP contribution in [0.1, 0.15) is 37.1 Å². The van der Waals surface area contributed by atoms with Crippen LogP contribution in [0.25, 0.3) is 0 Å². The molecular formula is C15H19BrN4. The molecule has 1 aliphatic carbocycles. The minimum Gasteiger partial charge on any atom is -0.317 e. The van der Waals surface area contributed by atoms with E-state index in [9.17, 15) is 0 Å². The Morgan fingerprint density at radius 1 is 1.30 bits per heavy atom. The summed E-state index contributed by atoms with van der Waals surface area (Å²) < 4.78 is 3.23. The monoisotopic (exact) mass is 334 g/mol. The van der Waals surface area contributed by atoms with Gasteiger partial charge in [0, 0.05) is 17.1 Å². The van der Waals surface area contributed by atoms with Crippen molar-refractivity contribution in [1.82, 2.24) is 20.1 Å². The molecule has 20 heavy (non-hydrogen) atoms. The van der Waals surface area contributed by atoms with Gasteiger partial charge in [-0.2, -0.15) is 0 Å². The molecule has 0 unspecified atom stereocenters. The Morgan fingerprint density at radius 3 is 2.75 bits per heavy atom. The van der Waals surface area contributed by atoms with Crippen molar-refractivity contribution in [1.29, 1.82) is 0 Å². The molecule has 0 atom stereocenters. The SMILES string of the molecule is CCn1cnnc1CNC1CC(c2ccc(Br)cc2)C1. The number of benzene rings is 1. The lowest BCUT2D eigenvalue weighted by atomic mass is 9.76. The standard InChI is InChI=1S/C15H19BrN4/c1-2-20-10-18-19-15(20)9-17-14-7-12(8-14)11-3-5-13(16)6-4-11/h3-6,10,12,14,17H,2,7-9H2,1H3. The molecule has 1 heterocycles. The molecule has 3 rings (SSSR count). The van der Waals surface area contributed by atoms with Crippen LogP contribution in [0.2, 0.25) is 0 Å². The number of hydrogen-bond acceptors (Lipinski definition) is 3. The molecule has 1 saturated carbocycles. The molecule has 4 nitrogen and oxygen atoms in total. The number of hydrogen-bond donors (Lipinski definition) is 1. The minimum atomic E-state index is 0.602. The van der Waals surface area contributed by atoms with Crippen molar-refractivity contribution in [3.8, 4) is 0 Å². The van der Waals surface area contributed by atoms with Gasteiger partial charge < -0.3 is 9.88 Å². The van der Waals surface area contributed by atoms with Gasteiger partial charge in [-0.05, 0) is 43.4 Å². The molecule has 0 amide bonds. The average Bonchev–Trinajstić information content (AvgIpc) is 2.86. The molecule has 2 aromatic rings. The summed E-state index contributed by atoms with van der Waals surface area (Å²) in [7, 11) is 0. The average molecular weight is 335 g/mol. The van der Waals surface area contributed by atoms with E-state index in [1.807, 2.05) is 0 Å². The Morgan fingerprint density at radius 2 is 2.05 bits per heavy atom. The van der Waals surface area contributed by atoms with Gasteiger partial charge in [0.05, 0.1) is 6.54 Å². The Bertz CT molecular complexity index is 558. The lowest BCUT2D eigenvalue weighted by Crippen LogP contribution is -2.40. The second-order valence-corrected chi connectivity index (χ2v) is 6.25. The van der Waals surface area contributed by atoms with Crippen LogP contribution in [0.4, 0.5) is 0 Å². The fourth-order valence-electron chi connectivity index (χ4n) is 2.71. The minimum absolute atomic E-state index is 0.602. The first-order valence-corrected chi connectivity index (χ1v) is 7.91. The van der Waals surface area contributed by atoms with Crippen LogP contribution in [0.3, 0.4) is 0 Å². The van der Waals surface area contributed by atoms with E-state index in [1.54, 1.807) is 6.33 Å². The zero-order valence-corrected chi connectivity index (χ0v) is 13.2. The Kier molecular flexibility index (Phi) is 4.17. The summed E-state index contributed by atoms with van der Waals surface area (Å²) in [6, 6.07) is 9.29. The molecule has 1 N–H and O–H groups in total. The molecule has 0 saturated heterocycles. The summed E-state index contributed by atoms with van der Waals surface area (Å²) >= 11 is 3.48. The van der Waals surface area contributed by atoms with E-state index in [2.05, 4.69) is 67.2 Å². The van der Waals surface area contributed by atoms with Crippen LogP contribution in [-0.2, 0) is 13.1 Å². The summed E-state index contributed by atoms with van der Waals surface area (Å²) in [4.78, 5) is 0. The van der Waals surface area contributed by atoms with Gasteiger partial charge in [-0.1, -0.05) is 28.1 Å². The lowest BCUT2D eigenvalue weighted by Gasteiger charge is -2.36. The Balaban J connectivity index is 1.48. The van der Waals surface area contributed by atoms with Gasteiger partial charge in [0.15, 0.2) is 0 Å². The van der Waals surface area contributed by atoms with Crippen LogP contribution in [0.15, 0.2) is 35.1 Å².